The predicted molar refractivity (Wildman–Crippen MR) is 92.8 cm³/mol. The number of ketones is 1. The molecule has 3 aliphatic rings. The fourth-order valence-electron chi connectivity index (χ4n) is 3.50. The Morgan fingerprint density at radius 1 is 1.46 bits per heavy atom. The van der Waals surface area contributed by atoms with Crippen molar-refractivity contribution >= 4 is 17.7 Å². The van der Waals surface area contributed by atoms with Gasteiger partial charge in [0.1, 0.15) is 18.0 Å². The van der Waals surface area contributed by atoms with E-state index in [-0.39, 0.29) is 29.7 Å². The van der Waals surface area contributed by atoms with Crippen LogP contribution in [0.15, 0.2) is 35.6 Å². The SMILES string of the molecule is C=C1C(=O)OC2/C=C(/C)C3=CC(=O)C(C)(CC(OC(=O)C(C)CC)C12)O3. The Kier molecular flexibility index (Phi) is 4.54. The largest absolute Gasteiger partial charge is 0.479 e. The summed E-state index contributed by atoms with van der Waals surface area (Å²) in [5, 5.41) is 0. The molecule has 5 unspecified atom stereocenters. The molecule has 3 heterocycles. The first-order chi connectivity index (χ1) is 12.2. The molecular weight excluding hydrogens is 336 g/mol. The number of fused-ring (bicyclic) bond motifs is 3. The van der Waals surface area contributed by atoms with E-state index in [1.165, 1.54) is 6.08 Å². The van der Waals surface area contributed by atoms with Gasteiger partial charge in [-0.05, 0) is 31.9 Å². The number of esters is 2. The summed E-state index contributed by atoms with van der Waals surface area (Å²) >= 11 is 0. The third-order valence-electron chi connectivity index (χ3n) is 5.46. The second-order valence-corrected chi connectivity index (χ2v) is 7.47. The van der Waals surface area contributed by atoms with Crippen molar-refractivity contribution in [2.45, 2.75) is 58.3 Å². The minimum Gasteiger partial charge on any atom is -0.479 e. The van der Waals surface area contributed by atoms with Crippen molar-refractivity contribution in [2.75, 3.05) is 0 Å². The van der Waals surface area contributed by atoms with Gasteiger partial charge in [-0.2, -0.15) is 0 Å². The molecule has 1 fully saturated rings. The van der Waals surface area contributed by atoms with E-state index in [4.69, 9.17) is 14.2 Å². The average Bonchev–Trinajstić information content (AvgIpc) is 3.03. The second kappa shape index (κ2) is 6.41. The zero-order valence-corrected chi connectivity index (χ0v) is 15.5. The summed E-state index contributed by atoms with van der Waals surface area (Å²) in [5.74, 6) is -1.43. The molecule has 0 radical (unpaired) electrons. The van der Waals surface area contributed by atoms with Crippen LogP contribution in [0.3, 0.4) is 0 Å². The third-order valence-corrected chi connectivity index (χ3v) is 5.46. The van der Waals surface area contributed by atoms with Crippen molar-refractivity contribution in [1.82, 2.24) is 0 Å². The third kappa shape index (κ3) is 2.97. The van der Waals surface area contributed by atoms with Crippen molar-refractivity contribution in [2.24, 2.45) is 11.8 Å². The fraction of sp³-hybridized carbons (Fsp3) is 0.550. The lowest BCUT2D eigenvalue weighted by Gasteiger charge is -2.32. The van der Waals surface area contributed by atoms with Crippen LogP contribution in [0.1, 0.15) is 40.5 Å². The lowest BCUT2D eigenvalue weighted by Crippen LogP contribution is -2.43. The maximum absolute atomic E-state index is 12.5. The standard InChI is InChI=1S/C20H24O6/c1-6-10(2)18(22)25-15-9-20(5)16(21)8-13(26-20)11(3)7-14-17(15)12(4)19(23)24-14/h7-8,10,14-15,17H,4,6,9H2,1-3,5H3/b11-7-. The van der Waals surface area contributed by atoms with Crippen LogP contribution in [-0.2, 0) is 28.6 Å². The quantitative estimate of drug-likeness (QED) is 0.569. The van der Waals surface area contributed by atoms with Gasteiger partial charge < -0.3 is 14.2 Å². The highest BCUT2D eigenvalue weighted by Crippen LogP contribution is 2.42. The Bertz CT molecular complexity index is 745. The van der Waals surface area contributed by atoms with E-state index in [1.54, 1.807) is 26.8 Å². The van der Waals surface area contributed by atoms with E-state index in [9.17, 15) is 14.4 Å². The summed E-state index contributed by atoms with van der Waals surface area (Å²) in [6, 6.07) is 0. The molecule has 2 bridgehead atoms. The summed E-state index contributed by atoms with van der Waals surface area (Å²) in [6.45, 7) is 11.0. The summed E-state index contributed by atoms with van der Waals surface area (Å²) in [5.41, 5.74) is -0.191. The molecule has 0 aromatic heterocycles. The molecule has 26 heavy (non-hydrogen) atoms. The first-order valence-electron chi connectivity index (χ1n) is 8.90. The number of rotatable bonds is 3. The number of hydrogen-bond donors (Lipinski definition) is 0. The van der Waals surface area contributed by atoms with Crippen molar-refractivity contribution in [1.29, 1.82) is 0 Å². The summed E-state index contributed by atoms with van der Waals surface area (Å²) < 4.78 is 17.1. The monoisotopic (exact) mass is 360 g/mol. The number of carbonyl (C=O) groups is 3. The van der Waals surface area contributed by atoms with Crippen LogP contribution in [0.4, 0.5) is 0 Å². The Hall–Kier alpha value is -2.37. The molecule has 6 nitrogen and oxygen atoms in total. The minimum atomic E-state index is -1.15. The van der Waals surface area contributed by atoms with Gasteiger partial charge in [0.15, 0.2) is 5.60 Å². The van der Waals surface area contributed by atoms with Crippen molar-refractivity contribution < 1.29 is 28.6 Å². The lowest BCUT2D eigenvalue weighted by atomic mass is 9.82. The molecule has 0 aromatic rings. The molecular formula is C20H24O6. The molecule has 140 valence electrons. The summed E-state index contributed by atoms with van der Waals surface area (Å²) in [6.07, 6.45) is 2.60. The van der Waals surface area contributed by atoms with Crippen LogP contribution < -0.4 is 0 Å². The molecule has 3 rings (SSSR count). The van der Waals surface area contributed by atoms with Gasteiger partial charge in [-0.15, -0.1) is 0 Å². The van der Waals surface area contributed by atoms with Crippen molar-refractivity contribution in [3.05, 3.63) is 35.6 Å². The van der Waals surface area contributed by atoms with E-state index in [0.29, 0.717) is 17.8 Å². The molecule has 5 atom stereocenters. The number of allylic oxidation sites excluding steroid dienone is 1. The number of hydrogen-bond acceptors (Lipinski definition) is 6. The molecule has 0 amide bonds. The molecule has 0 N–H and O–H groups in total. The number of ether oxygens (including phenoxy) is 3. The Morgan fingerprint density at radius 2 is 2.15 bits per heavy atom. The van der Waals surface area contributed by atoms with Crippen LogP contribution in [0, 0.1) is 11.8 Å². The minimum absolute atomic E-state index is 0.131. The first-order valence-corrected chi connectivity index (χ1v) is 8.90. The molecule has 0 aromatic carbocycles. The maximum atomic E-state index is 12.5. The van der Waals surface area contributed by atoms with Crippen LogP contribution in [0.2, 0.25) is 0 Å². The van der Waals surface area contributed by atoms with E-state index >= 15 is 0 Å². The summed E-state index contributed by atoms with van der Waals surface area (Å²) in [7, 11) is 0. The van der Waals surface area contributed by atoms with Crippen LogP contribution in [0.5, 0.6) is 0 Å². The molecule has 1 saturated heterocycles. The highest BCUT2D eigenvalue weighted by atomic mass is 16.6. The van der Waals surface area contributed by atoms with Gasteiger partial charge in [0.2, 0.25) is 5.78 Å². The van der Waals surface area contributed by atoms with Gasteiger partial charge in [-0.25, -0.2) is 4.79 Å². The van der Waals surface area contributed by atoms with Gasteiger partial charge in [0.05, 0.1) is 11.8 Å². The fourth-order valence-corrected chi connectivity index (χ4v) is 3.50. The van der Waals surface area contributed by atoms with Crippen molar-refractivity contribution in [3.63, 3.8) is 0 Å². The predicted octanol–water partition coefficient (Wildman–Crippen LogP) is 2.63. The Morgan fingerprint density at radius 3 is 2.81 bits per heavy atom. The van der Waals surface area contributed by atoms with E-state index in [2.05, 4.69) is 6.58 Å². The van der Waals surface area contributed by atoms with Crippen LogP contribution in [-0.4, -0.2) is 35.5 Å². The van der Waals surface area contributed by atoms with Gasteiger partial charge in [-0.1, -0.05) is 20.4 Å². The lowest BCUT2D eigenvalue weighted by molar-refractivity contribution is -0.161. The highest BCUT2D eigenvalue weighted by molar-refractivity contribution is 6.00. The van der Waals surface area contributed by atoms with Crippen LogP contribution in [0.25, 0.3) is 0 Å². The zero-order valence-electron chi connectivity index (χ0n) is 15.5. The molecule has 0 aliphatic carbocycles. The van der Waals surface area contributed by atoms with Gasteiger partial charge in [-0.3, -0.25) is 9.59 Å². The second-order valence-electron chi connectivity index (χ2n) is 7.47. The topological polar surface area (TPSA) is 78.9 Å². The van der Waals surface area contributed by atoms with E-state index in [1.807, 2.05) is 6.92 Å². The highest BCUT2D eigenvalue weighted by Gasteiger charge is 2.51. The maximum Gasteiger partial charge on any atom is 0.334 e. The Balaban J connectivity index is 2.03. The van der Waals surface area contributed by atoms with Crippen LogP contribution >= 0.6 is 0 Å². The smallest absolute Gasteiger partial charge is 0.334 e. The van der Waals surface area contributed by atoms with Gasteiger partial charge >= 0.3 is 11.9 Å². The molecule has 6 heteroatoms. The van der Waals surface area contributed by atoms with Crippen molar-refractivity contribution in [3.8, 4) is 0 Å². The van der Waals surface area contributed by atoms with Gasteiger partial charge in [0.25, 0.3) is 0 Å². The first kappa shape index (κ1) is 18.4. The van der Waals surface area contributed by atoms with Gasteiger partial charge in [0, 0.05) is 18.1 Å². The molecule has 0 spiro atoms. The zero-order chi connectivity index (χ0) is 19.2. The molecule has 3 aliphatic heterocycles. The molecule has 0 saturated carbocycles. The van der Waals surface area contributed by atoms with E-state index in [0.717, 1.165) is 0 Å². The normalized spacial score (nSPS) is 36.5. The summed E-state index contributed by atoms with van der Waals surface area (Å²) in [4.78, 5) is 37.0. The Labute approximate surface area is 152 Å². The number of carbonyl (C=O) groups excluding carboxylic acids is 3. The van der Waals surface area contributed by atoms with E-state index < -0.39 is 29.7 Å². The average molecular weight is 360 g/mol.